The standard InChI is InChI=1S/C21H31N3O2/c1-3-18(4-2)24-13-16(10-20(24)25)21(26)23-12-17(11-22)19(14-23)15-8-6-5-7-9-15/h5-9,16-19H,3-4,10-14,22H2,1-2H3/t16?,17-,19+/m1/s1. The Kier molecular flexibility index (Phi) is 5.97. The van der Waals surface area contributed by atoms with Crippen LogP contribution in [0.2, 0.25) is 0 Å². The van der Waals surface area contributed by atoms with Crippen LogP contribution in [-0.4, -0.2) is 53.8 Å². The zero-order valence-corrected chi connectivity index (χ0v) is 15.9. The summed E-state index contributed by atoms with van der Waals surface area (Å²) in [6.07, 6.45) is 2.24. The van der Waals surface area contributed by atoms with Crippen LogP contribution in [0.5, 0.6) is 0 Å². The summed E-state index contributed by atoms with van der Waals surface area (Å²) in [5.74, 6) is 0.636. The smallest absolute Gasteiger partial charge is 0.228 e. The molecule has 26 heavy (non-hydrogen) atoms. The Morgan fingerprint density at radius 1 is 1.15 bits per heavy atom. The van der Waals surface area contributed by atoms with Crippen LogP contribution < -0.4 is 5.73 Å². The number of hydrogen-bond donors (Lipinski definition) is 1. The molecule has 5 nitrogen and oxygen atoms in total. The van der Waals surface area contributed by atoms with Crippen molar-refractivity contribution in [3.63, 3.8) is 0 Å². The normalized spacial score (nSPS) is 26.2. The van der Waals surface area contributed by atoms with Crippen LogP contribution in [0.4, 0.5) is 0 Å². The number of nitrogens with zero attached hydrogens (tertiary/aromatic N) is 2. The van der Waals surface area contributed by atoms with Gasteiger partial charge in [0.2, 0.25) is 11.8 Å². The van der Waals surface area contributed by atoms with Crippen molar-refractivity contribution in [1.29, 1.82) is 0 Å². The zero-order chi connectivity index (χ0) is 18.7. The van der Waals surface area contributed by atoms with Gasteiger partial charge in [-0.1, -0.05) is 44.2 Å². The molecular formula is C21H31N3O2. The first kappa shape index (κ1) is 18.9. The van der Waals surface area contributed by atoms with Crippen LogP contribution in [0.1, 0.15) is 44.6 Å². The maximum atomic E-state index is 13.1. The molecule has 2 fully saturated rings. The largest absolute Gasteiger partial charge is 0.341 e. The third kappa shape index (κ3) is 3.63. The van der Waals surface area contributed by atoms with Gasteiger partial charge in [-0.25, -0.2) is 0 Å². The second-order valence-corrected chi connectivity index (χ2v) is 7.67. The molecule has 1 aromatic rings. The van der Waals surface area contributed by atoms with Gasteiger partial charge in [-0.15, -0.1) is 0 Å². The van der Waals surface area contributed by atoms with Gasteiger partial charge in [0.15, 0.2) is 0 Å². The number of rotatable bonds is 6. The summed E-state index contributed by atoms with van der Waals surface area (Å²) >= 11 is 0. The molecule has 2 aliphatic heterocycles. The van der Waals surface area contributed by atoms with Crippen molar-refractivity contribution in [3.8, 4) is 0 Å². The predicted octanol–water partition coefficient (Wildman–Crippen LogP) is 2.22. The number of amides is 2. The van der Waals surface area contributed by atoms with E-state index < -0.39 is 0 Å². The maximum Gasteiger partial charge on any atom is 0.228 e. The van der Waals surface area contributed by atoms with Crippen LogP contribution in [0.15, 0.2) is 30.3 Å². The first-order chi connectivity index (χ1) is 12.6. The Bertz CT molecular complexity index is 629. The van der Waals surface area contributed by atoms with Crippen molar-refractivity contribution in [2.75, 3.05) is 26.2 Å². The van der Waals surface area contributed by atoms with E-state index in [1.54, 1.807) is 0 Å². The quantitative estimate of drug-likeness (QED) is 0.849. The molecule has 2 saturated heterocycles. The average molecular weight is 357 g/mol. The van der Waals surface area contributed by atoms with Crippen LogP contribution in [0, 0.1) is 11.8 Å². The number of carbonyl (C=O) groups excluding carboxylic acids is 2. The van der Waals surface area contributed by atoms with Crippen molar-refractivity contribution in [1.82, 2.24) is 9.80 Å². The molecule has 0 radical (unpaired) electrons. The molecule has 3 atom stereocenters. The highest BCUT2D eigenvalue weighted by Gasteiger charge is 2.42. The van der Waals surface area contributed by atoms with Gasteiger partial charge in [-0.2, -0.15) is 0 Å². The molecule has 0 spiro atoms. The molecular weight excluding hydrogens is 326 g/mol. The Hall–Kier alpha value is -1.88. The summed E-state index contributed by atoms with van der Waals surface area (Å²) in [6.45, 7) is 6.77. The molecule has 0 aromatic heterocycles. The second kappa shape index (κ2) is 8.21. The van der Waals surface area contributed by atoms with E-state index in [0.29, 0.717) is 32.6 Å². The van der Waals surface area contributed by atoms with E-state index in [4.69, 9.17) is 5.73 Å². The first-order valence-electron chi connectivity index (χ1n) is 9.92. The first-order valence-corrected chi connectivity index (χ1v) is 9.92. The monoisotopic (exact) mass is 357 g/mol. The lowest BCUT2D eigenvalue weighted by molar-refractivity contribution is -0.135. The van der Waals surface area contributed by atoms with E-state index in [0.717, 1.165) is 12.8 Å². The highest BCUT2D eigenvalue weighted by atomic mass is 16.2. The number of likely N-dealkylation sites (tertiary alicyclic amines) is 2. The minimum Gasteiger partial charge on any atom is -0.341 e. The van der Waals surface area contributed by atoms with Crippen molar-refractivity contribution >= 4 is 11.8 Å². The molecule has 0 aliphatic carbocycles. The zero-order valence-electron chi connectivity index (χ0n) is 15.9. The van der Waals surface area contributed by atoms with Crippen molar-refractivity contribution in [3.05, 3.63) is 35.9 Å². The summed E-state index contributed by atoms with van der Waals surface area (Å²) in [6, 6.07) is 10.6. The molecule has 1 aromatic carbocycles. The summed E-state index contributed by atoms with van der Waals surface area (Å²) in [5.41, 5.74) is 7.25. The highest BCUT2D eigenvalue weighted by Crippen LogP contribution is 2.34. The molecule has 2 amide bonds. The minimum absolute atomic E-state index is 0.128. The molecule has 2 N–H and O–H groups in total. The van der Waals surface area contributed by atoms with Gasteiger partial charge >= 0.3 is 0 Å². The predicted molar refractivity (Wildman–Crippen MR) is 102 cm³/mol. The SMILES string of the molecule is CCC(CC)N1CC(C(=O)N2C[C@@H](CN)[C@H](c3ccccc3)C2)CC1=O. The third-order valence-electron chi connectivity index (χ3n) is 6.17. The van der Waals surface area contributed by atoms with Gasteiger partial charge < -0.3 is 15.5 Å². The van der Waals surface area contributed by atoms with Crippen LogP contribution in [0.25, 0.3) is 0 Å². The van der Waals surface area contributed by atoms with Gasteiger partial charge in [0.25, 0.3) is 0 Å². The Morgan fingerprint density at radius 2 is 1.85 bits per heavy atom. The molecule has 0 saturated carbocycles. The molecule has 5 heteroatoms. The Balaban J connectivity index is 1.68. The van der Waals surface area contributed by atoms with Gasteiger partial charge in [0, 0.05) is 38.0 Å². The Morgan fingerprint density at radius 3 is 2.46 bits per heavy atom. The van der Waals surface area contributed by atoms with Gasteiger partial charge in [-0.3, -0.25) is 9.59 Å². The third-order valence-corrected chi connectivity index (χ3v) is 6.17. The van der Waals surface area contributed by atoms with E-state index in [1.807, 2.05) is 28.0 Å². The average Bonchev–Trinajstić information content (AvgIpc) is 3.27. The fraction of sp³-hybridized carbons (Fsp3) is 0.619. The summed E-state index contributed by atoms with van der Waals surface area (Å²) in [7, 11) is 0. The van der Waals surface area contributed by atoms with Gasteiger partial charge in [-0.05, 0) is 30.9 Å². The van der Waals surface area contributed by atoms with Crippen molar-refractivity contribution < 1.29 is 9.59 Å². The Labute approximate surface area is 156 Å². The molecule has 142 valence electrons. The molecule has 2 heterocycles. The van der Waals surface area contributed by atoms with Crippen LogP contribution in [0.3, 0.4) is 0 Å². The van der Waals surface area contributed by atoms with E-state index in [2.05, 4.69) is 26.0 Å². The number of carbonyl (C=O) groups is 2. The highest BCUT2D eigenvalue weighted by molar-refractivity contribution is 5.89. The van der Waals surface area contributed by atoms with Crippen LogP contribution in [-0.2, 0) is 9.59 Å². The number of benzene rings is 1. The van der Waals surface area contributed by atoms with E-state index >= 15 is 0 Å². The fourth-order valence-electron chi connectivity index (χ4n) is 4.61. The molecule has 1 unspecified atom stereocenters. The van der Waals surface area contributed by atoms with Gasteiger partial charge in [0.05, 0.1) is 5.92 Å². The van der Waals surface area contributed by atoms with E-state index in [1.165, 1.54) is 5.56 Å². The second-order valence-electron chi connectivity index (χ2n) is 7.67. The van der Waals surface area contributed by atoms with Gasteiger partial charge in [0.1, 0.15) is 0 Å². The van der Waals surface area contributed by atoms with E-state index in [-0.39, 0.29) is 35.6 Å². The fourth-order valence-corrected chi connectivity index (χ4v) is 4.61. The summed E-state index contributed by atoms with van der Waals surface area (Å²) in [4.78, 5) is 29.4. The lowest BCUT2D eigenvalue weighted by atomic mass is 9.89. The van der Waals surface area contributed by atoms with Crippen molar-refractivity contribution in [2.24, 2.45) is 17.6 Å². The maximum absolute atomic E-state index is 13.1. The topological polar surface area (TPSA) is 66.6 Å². The lowest BCUT2D eigenvalue weighted by Gasteiger charge is -2.26. The molecule has 2 aliphatic rings. The molecule has 3 rings (SSSR count). The van der Waals surface area contributed by atoms with Crippen LogP contribution >= 0.6 is 0 Å². The number of nitrogens with two attached hydrogens (primary N) is 1. The van der Waals surface area contributed by atoms with Crippen molar-refractivity contribution in [2.45, 2.75) is 45.1 Å². The molecule has 0 bridgehead atoms. The lowest BCUT2D eigenvalue weighted by Crippen LogP contribution is -2.39. The summed E-state index contributed by atoms with van der Waals surface area (Å²) < 4.78 is 0. The number of hydrogen-bond acceptors (Lipinski definition) is 3. The van der Waals surface area contributed by atoms with E-state index in [9.17, 15) is 9.59 Å². The minimum atomic E-state index is -0.198. The summed E-state index contributed by atoms with van der Waals surface area (Å²) in [5, 5.41) is 0.